The molecule has 0 aliphatic rings. The highest BCUT2D eigenvalue weighted by molar-refractivity contribution is 7.38. The molecule has 0 atom stereocenters. The van der Waals surface area contributed by atoms with Gasteiger partial charge in [0.2, 0.25) is 0 Å². The molecule has 0 amide bonds. The molecule has 0 heterocycles. The van der Waals surface area contributed by atoms with E-state index in [-0.39, 0.29) is 21.7 Å². The van der Waals surface area contributed by atoms with Crippen molar-refractivity contribution < 1.29 is 14.0 Å². The lowest BCUT2D eigenvalue weighted by molar-refractivity contribution is 0.428. The minimum Gasteiger partial charge on any atom is -0.325 e. The van der Waals surface area contributed by atoms with Crippen LogP contribution in [0.5, 0.6) is 0 Å². The maximum Gasteiger partial charge on any atom is 0.369 e. The van der Waals surface area contributed by atoms with Gasteiger partial charge in [0.15, 0.2) is 0 Å². The minimum atomic E-state index is -3.12. The molecule has 0 bridgehead atoms. The van der Waals surface area contributed by atoms with Gasteiger partial charge in [-0.25, -0.2) is 0 Å². The summed E-state index contributed by atoms with van der Waals surface area (Å²) in [5, 5.41) is 0. The Kier molecular flexibility index (Phi) is 10.1. The summed E-state index contributed by atoms with van der Waals surface area (Å²) in [7, 11) is -3.12. The fourth-order valence-electron chi connectivity index (χ4n) is 4.19. The van der Waals surface area contributed by atoms with Crippen LogP contribution in [0.25, 0.3) is 0 Å². The van der Waals surface area contributed by atoms with Gasteiger partial charge in [-0.05, 0) is 67.9 Å². The maximum absolute atomic E-state index is 10.2. The third-order valence-corrected chi connectivity index (χ3v) is 6.23. The van der Waals surface area contributed by atoms with Crippen molar-refractivity contribution in [3.05, 3.63) is 69.8 Å². The smallest absolute Gasteiger partial charge is 0.325 e. The number of hydrogen-bond acceptors (Lipinski definition) is 2. The molecule has 0 fully saturated rings. The summed E-state index contributed by atoms with van der Waals surface area (Å²) >= 11 is 0. The topological polar surface area (TPSA) is 40.5 Å². The van der Waals surface area contributed by atoms with Crippen LogP contribution in [0, 0.1) is 0 Å². The molecule has 4 heteroatoms. The van der Waals surface area contributed by atoms with Crippen LogP contribution in [0.1, 0.15) is 116 Å². The van der Waals surface area contributed by atoms with E-state index in [0.29, 0.717) is 0 Å². The van der Waals surface area contributed by atoms with Crippen molar-refractivity contribution in [1.82, 2.24) is 0 Å². The molecule has 2 aromatic rings. The maximum atomic E-state index is 10.2. The van der Waals surface area contributed by atoms with Gasteiger partial charge >= 0.3 is 8.69 Å². The van der Waals surface area contributed by atoms with E-state index in [0.717, 1.165) is 12.8 Å². The molecule has 34 heavy (non-hydrogen) atoms. The molecule has 0 aromatic heterocycles. The SMILES string of the molecule is CC(C)(C)c1ccc(CCc2ccc(C(C)(C)C)cc2C(C)(C)C)c(C(C)(C)C)c1.OP(O)F. The second kappa shape index (κ2) is 11.2. The van der Waals surface area contributed by atoms with Crippen LogP contribution < -0.4 is 0 Å². The Morgan fingerprint density at radius 2 is 0.824 bits per heavy atom. The Hall–Kier alpha value is -1.28. The van der Waals surface area contributed by atoms with Crippen LogP contribution >= 0.6 is 8.69 Å². The Balaban J connectivity index is 0.00000133. The van der Waals surface area contributed by atoms with Crippen LogP contribution in [0.2, 0.25) is 0 Å². The normalized spacial score (nSPS) is 13.1. The Morgan fingerprint density at radius 1 is 0.559 bits per heavy atom. The highest BCUT2D eigenvalue weighted by atomic mass is 31.2. The molecule has 0 radical (unpaired) electrons. The summed E-state index contributed by atoms with van der Waals surface area (Å²) < 4.78 is 10.2. The van der Waals surface area contributed by atoms with Gasteiger partial charge < -0.3 is 9.79 Å². The van der Waals surface area contributed by atoms with E-state index in [1.807, 2.05) is 0 Å². The standard InChI is InChI=1S/C30H46.FH2O2P/c1-27(2,3)23-17-15-21(25(19-23)29(7,8)9)13-14-22-16-18-24(28(4,5)6)20-26(22)30(10,11)12;1-4(2)3/h15-20H,13-14H2,1-12H3;2-3H. The average molecular weight is 491 g/mol. The summed E-state index contributed by atoms with van der Waals surface area (Å²) in [6.07, 6.45) is 2.18. The molecule has 0 unspecified atom stereocenters. The number of halogens is 1. The fraction of sp³-hybridized carbons (Fsp3) is 0.600. The molecule has 192 valence electrons. The highest BCUT2D eigenvalue weighted by Gasteiger charge is 2.24. The zero-order chi connectivity index (χ0) is 26.7. The molecule has 2 N–H and O–H groups in total. The van der Waals surface area contributed by atoms with Gasteiger partial charge in [-0.15, -0.1) is 0 Å². The first-order valence-electron chi connectivity index (χ1n) is 12.3. The van der Waals surface area contributed by atoms with Crippen molar-refractivity contribution in [2.45, 2.75) is 118 Å². The van der Waals surface area contributed by atoms with Crippen molar-refractivity contribution >= 4 is 8.69 Å². The second-order valence-corrected chi connectivity index (χ2v) is 14.0. The van der Waals surface area contributed by atoms with Gasteiger partial charge in [0, 0.05) is 0 Å². The summed E-state index contributed by atoms with van der Waals surface area (Å²) in [5.41, 5.74) is 9.52. The Bertz CT molecular complexity index is 858. The third kappa shape index (κ3) is 9.40. The van der Waals surface area contributed by atoms with Gasteiger partial charge in [-0.1, -0.05) is 119 Å². The number of rotatable bonds is 3. The Labute approximate surface area is 210 Å². The van der Waals surface area contributed by atoms with Crippen molar-refractivity contribution in [2.75, 3.05) is 0 Å². The van der Waals surface area contributed by atoms with Crippen LogP contribution in [-0.2, 0) is 34.5 Å². The van der Waals surface area contributed by atoms with E-state index >= 15 is 0 Å². The first-order chi connectivity index (χ1) is 15.1. The van der Waals surface area contributed by atoms with Crippen molar-refractivity contribution in [3.8, 4) is 0 Å². The van der Waals surface area contributed by atoms with Gasteiger partial charge in [-0.3, -0.25) is 0 Å². The number of hydrogen-bond donors (Lipinski definition) is 2. The van der Waals surface area contributed by atoms with Gasteiger partial charge in [-0.2, -0.15) is 4.20 Å². The first kappa shape index (κ1) is 30.8. The van der Waals surface area contributed by atoms with Gasteiger partial charge in [0.1, 0.15) is 0 Å². The molecule has 0 saturated heterocycles. The van der Waals surface area contributed by atoms with Crippen LogP contribution in [0.15, 0.2) is 36.4 Å². The minimum absolute atomic E-state index is 0.152. The average Bonchev–Trinajstić information content (AvgIpc) is 2.62. The number of benzene rings is 2. The van der Waals surface area contributed by atoms with E-state index in [1.165, 1.54) is 33.4 Å². The summed E-state index contributed by atoms with van der Waals surface area (Å²) in [6, 6.07) is 14.4. The first-order valence-corrected chi connectivity index (χ1v) is 13.4. The van der Waals surface area contributed by atoms with Crippen molar-refractivity contribution in [2.24, 2.45) is 0 Å². The van der Waals surface area contributed by atoms with Gasteiger partial charge in [0.05, 0.1) is 0 Å². The third-order valence-electron chi connectivity index (χ3n) is 6.23. The lowest BCUT2D eigenvalue weighted by atomic mass is 9.76. The highest BCUT2D eigenvalue weighted by Crippen LogP contribution is 2.35. The molecular formula is C30H48FO2P. The molecule has 0 spiro atoms. The van der Waals surface area contributed by atoms with E-state index < -0.39 is 8.69 Å². The van der Waals surface area contributed by atoms with Crippen LogP contribution in [-0.4, -0.2) is 9.79 Å². The van der Waals surface area contributed by atoms with E-state index in [9.17, 15) is 4.20 Å². The number of aryl methyl sites for hydroxylation is 2. The summed E-state index contributed by atoms with van der Waals surface area (Å²) in [5.74, 6) is 0. The zero-order valence-electron chi connectivity index (χ0n) is 23.6. The predicted molar refractivity (Wildman–Crippen MR) is 148 cm³/mol. The predicted octanol–water partition coefficient (Wildman–Crippen LogP) is 8.83. The van der Waals surface area contributed by atoms with Crippen molar-refractivity contribution in [1.29, 1.82) is 0 Å². The lowest BCUT2D eigenvalue weighted by Gasteiger charge is -2.29. The Morgan fingerprint density at radius 3 is 1.03 bits per heavy atom. The lowest BCUT2D eigenvalue weighted by Crippen LogP contribution is -2.20. The van der Waals surface area contributed by atoms with Crippen LogP contribution in [0.3, 0.4) is 0 Å². The van der Waals surface area contributed by atoms with Crippen LogP contribution in [0.4, 0.5) is 4.20 Å². The largest absolute Gasteiger partial charge is 0.369 e. The van der Waals surface area contributed by atoms with Crippen molar-refractivity contribution in [3.63, 3.8) is 0 Å². The second-order valence-electron chi connectivity index (χ2n) is 13.5. The van der Waals surface area contributed by atoms with E-state index in [4.69, 9.17) is 9.79 Å². The quantitative estimate of drug-likeness (QED) is 0.422. The molecule has 0 aliphatic heterocycles. The zero-order valence-corrected chi connectivity index (χ0v) is 24.5. The summed E-state index contributed by atoms with van der Waals surface area (Å²) in [6.45, 7) is 27.9. The molecular weight excluding hydrogens is 442 g/mol. The van der Waals surface area contributed by atoms with E-state index in [2.05, 4.69) is 119 Å². The molecule has 2 aromatic carbocycles. The monoisotopic (exact) mass is 490 g/mol. The summed E-state index contributed by atoms with van der Waals surface area (Å²) in [4.78, 5) is 14.0. The molecule has 0 aliphatic carbocycles. The van der Waals surface area contributed by atoms with Gasteiger partial charge in [0.25, 0.3) is 0 Å². The van der Waals surface area contributed by atoms with E-state index in [1.54, 1.807) is 0 Å². The molecule has 0 saturated carbocycles. The fourth-order valence-corrected chi connectivity index (χ4v) is 4.19. The molecule has 2 rings (SSSR count). The molecule has 2 nitrogen and oxygen atoms in total.